The Morgan fingerprint density at radius 3 is 2.21 bits per heavy atom. The van der Waals surface area contributed by atoms with E-state index in [1.165, 1.54) is 18.2 Å². The summed E-state index contributed by atoms with van der Waals surface area (Å²) in [4.78, 5) is 17.5. The van der Waals surface area contributed by atoms with Crippen LogP contribution in [0, 0.1) is 0 Å². The molecule has 34 heavy (non-hydrogen) atoms. The van der Waals surface area contributed by atoms with Crippen molar-refractivity contribution in [1.29, 1.82) is 0 Å². The Kier molecular flexibility index (Phi) is 6.17. The molecule has 2 aromatic heterocycles. The number of hydrogen-bond acceptors (Lipinski definition) is 8. The standard InChI is InChI=1S/C20H17F6N7O/c21-19(22,23)11-3-1-4-12(9-11)27-16-30-17(32-18(31-16)33-8-7-13(34)10-33)29-15-6-2-5-14(28-15)20(24,25)26/h1-6,9,13,34H,7-8,10H2,(H2,27,28,29,30,31,32)/t13-/m0/s1. The Labute approximate surface area is 188 Å². The molecule has 0 amide bonds. The third-order valence-corrected chi connectivity index (χ3v) is 4.80. The van der Waals surface area contributed by atoms with E-state index in [1.807, 2.05) is 0 Å². The molecule has 0 aliphatic carbocycles. The van der Waals surface area contributed by atoms with Gasteiger partial charge in [0.2, 0.25) is 17.8 Å². The van der Waals surface area contributed by atoms with Gasteiger partial charge in [-0.05, 0) is 36.8 Å². The number of aliphatic hydroxyl groups excluding tert-OH is 1. The van der Waals surface area contributed by atoms with Crippen LogP contribution in [-0.4, -0.2) is 44.2 Å². The Morgan fingerprint density at radius 2 is 1.56 bits per heavy atom. The number of β-amino-alcohol motifs (C(OH)–C–C–N with tert-alkyl or cyclic N) is 1. The molecule has 1 saturated heterocycles. The maximum Gasteiger partial charge on any atom is 0.433 e. The number of nitrogens with zero attached hydrogens (tertiary/aromatic N) is 5. The van der Waals surface area contributed by atoms with Crippen LogP contribution in [0.5, 0.6) is 0 Å². The summed E-state index contributed by atoms with van der Waals surface area (Å²) in [7, 11) is 0. The fourth-order valence-corrected chi connectivity index (χ4v) is 3.22. The van der Waals surface area contributed by atoms with Crippen molar-refractivity contribution in [2.24, 2.45) is 0 Å². The van der Waals surface area contributed by atoms with Gasteiger partial charge in [0.1, 0.15) is 11.5 Å². The molecule has 0 spiro atoms. The van der Waals surface area contributed by atoms with Crippen molar-refractivity contribution in [3.05, 3.63) is 53.7 Å². The first-order valence-electron chi connectivity index (χ1n) is 9.92. The van der Waals surface area contributed by atoms with Gasteiger partial charge >= 0.3 is 12.4 Å². The molecule has 0 bridgehead atoms. The van der Waals surface area contributed by atoms with Gasteiger partial charge in [-0.15, -0.1) is 0 Å². The average molecular weight is 485 g/mol. The molecule has 0 radical (unpaired) electrons. The number of halogens is 6. The molecular weight excluding hydrogens is 468 g/mol. The van der Waals surface area contributed by atoms with Gasteiger partial charge in [0, 0.05) is 18.8 Å². The lowest BCUT2D eigenvalue weighted by molar-refractivity contribution is -0.141. The Hall–Kier alpha value is -3.68. The van der Waals surface area contributed by atoms with E-state index in [2.05, 4.69) is 30.6 Å². The Balaban J connectivity index is 1.66. The Bertz CT molecular complexity index is 1090. The van der Waals surface area contributed by atoms with Crippen molar-refractivity contribution in [2.45, 2.75) is 24.9 Å². The van der Waals surface area contributed by atoms with Crippen molar-refractivity contribution in [3.8, 4) is 0 Å². The smallest absolute Gasteiger partial charge is 0.391 e. The minimum absolute atomic E-state index is 0.0385. The molecule has 1 atom stereocenters. The summed E-state index contributed by atoms with van der Waals surface area (Å²) in [6, 6.07) is 7.58. The van der Waals surface area contributed by atoms with E-state index >= 15 is 0 Å². The van der Waals surface area contributed by atoms with Crippen LogP contribution in [0.2, 0.25) is 0 Å². The first-order chi connectivity index (χ1) is 16.0. The zero-order chi connectivity index (χ0) is 24.5. The molecule has 4 rings (SSSR count). The number of benzene rings is 1. The third kappa shape index (κ3) is 5.62. The van der Waals surface area contributed by atoms with E-state index in [4.69, 9.17) is 0 Å². The number of anilines is 5. The number of aliphatic hydroxyl groups is 1. The molecule has 1 aliphatic rings. The van der Waals surface area contributed by atoms with Crippen molar-refractivity contribution in [3.63, 3.8) is 0 Å². The minimum Gasteiger partial charge on any atom is -0.391 e. The highest BCUT2D eigenvalue weighted by Crippen LogP contribution is 2.32. The van der Waals surface area contributed by atoms with Gasteiger partial charge in [0.25, 0.3) is 0 Å². The molecule has 1 aliphatic heterocycles. The lowest BCUT2D eigenvalue weighted by Gasteiger charge is -2.18. The van der Waals surface area contributed by atoms with Crippen LogP contribution in [0.25, 0.3) is 0 Å². The summed E-state index contributed by atoms with van der Waals surface area (Å²) >= 11 is 0. The summed E-state index contributed by atoms with van der Waals surface area (Å²) in [6.07, 6.45) is -9.41. The summed E-state index contributed by atoms with van der Waals surface area (Å²) in [5.41, 5.74) is -1.98. The molecule has 3 N–H and O–H groups in total. The lowest BCUT2D eigenvalue weighted by atomic mass is 10.2. The second kappa shape index (κ2) is 8.93. The van der Waals surface area contributed by atoms with Crippen molar-refractivity contribution in [1.82, 2.24) is 19.9 Å². The van der Waals surface area contributed by atoms with Crippen molar-refractivity contribution < 1.29 is 31.4 Å². The summed E-state index contributed by atoms with van der Waals surface area (Å²) < 4.78 is 78.1. The maximum absolute atomic E-state index is 13.0. The SMILES string of the molecule is O[C@H]1CCN(c2nc(Nc3cccc(C(F)(F)F)c3)nc(Nc3cccc(C(F)(F)F)n3)n2)C1. The molecule has 1 aromatic carbocycles. The first kappa shape index (κ1) is 23.5. The largest absolute Gasteiger partial charge is 0.433 e. The van der Waals surface area contributed by atoms with E-state index in [9.17, 15) is 31.4 Å². The highest BCUT2D eigenvalue weighted by molar-refractivity contribution is 5.59. The lowest BCUT2D eigenvalue weighted by Crippen LogP contribution is -2.24. The number of nitrogens with one attached hydrogen (secondary N) is 2. The number of aromatic nitrogens is 4. The Morgan fingerprint density at radius 1 is 0.853 bits per heavy atom. The van der Waals surface area contributed by atoms with Crippen LogP contribution in [0.3, 0.4) is 0 Å². The monoisotopic (exact) mass is 485 g/mol. The van der Waals surface area contributed by atoms with Gasteiger partial charge in [-0.3, -0.25) is 0 Å². The molecule has 0 saturated carbocycles. The van der Waals surface area contributed by atoms with E-state index in [1.54, 1.807) is 4.90 Å². The van der Waals surface area contributed by atoms with Crippen LogP contribution in [0.4, 0.5) is 55.7 Å². The quantitative estimate of drug-likeness (QED) is 0.459. The predicted octanol–water partition coefficient (Wildman–Crippen LogP) is 4.36. The molecule has 3 aromatic rings. The summed E-state index contributed by atoms with van der Waals surface area (Å²) in [5, 5.41) is 15.0. The van der Waals surface area contributed by atoms with Crippen LogP contribution in [0.15, 0.2) is 42.5 Å². The van der Waals surface area contributed by atoms with Gasteiger partial charge in [-0.1, -0.05) is 12.1 Å². The zero-order valence-electron chi connectivity index (χ0n) is 17.2. The molecule has 0 unspecified atom stereocenters. The summed E-state index contributed by atoms with van der Waals surface area (Å²) in [6.45, 7) is 0.601. The van der Waals surface area contributed by atoms with Crippen molar-refractivity contribution in [2.75, 3.05) is 28.6 Å². The molecule has 8 nitrogen and oxygen atoms in total. The van der Waals surface area contributed by atoms with Crippen LogP contribution < -0.4 is 15.5 Å². The molecule has 180 valence electrons. The normalized spacial score (nSPS) is 16.6. The van der Waals surface area contributed by atoms with Gasteiger partial charge in [-0.2, -0.15) is 41.3 Å². The van der Waals surface area contributed by atoms with E-state index in [-0.39, 0.29) is 35.9 Å². The van der Waals surface area contributed by atoms with Gasteiger partial charge in [-0.25, -0.2) is 4.98 Å². The van der Waals surface area contributed by atoms with E-state index in [0.717, 1.165) is 24.3 Å². The second-order valence-corrected chi connectivity index (χ2v) is 7.41. The van der Waals surface area contributed by atoms with Gasteiger partial charge in [0.05, 0.1) is 11.7 Å². The number of rotatable bonds is 5. The molecule has 3 heterocycles. The predicted molar refractivity (Wildman–Crippen MR) is 110 cm³/mol. The average Bonchev–Trinajstić information content (AvgIpc) is 3.19. The maximum atomic E-state index is 13.0. The minimum atomic E-state index is -4.66. The third-order valence-electron chi connectivity index (χ3n) is 4.80. The van der Waals surface area contributed by atoms with E-state index in [0.29, 0.717) is 13.0 Å². The zero-order valence-corrected chi connectivity index (χ0v) is 17.2. The first-order valence-corrected chi connectivity index (χ1v) is 9.92. The number of alkyl halides is 6. The molecule has 14 heteroatoms. The van der Waals surface area contributed by atoms with Crippen LogP contribution >= 0.6 is 0 Å². The number of hydrogen-bond donors (Lipinski definition) is 3. The fourth-order valence-electron chi connectivity index (χ4n) is 3.22. The van der Waals surface area contributed by atoms with Crippen LogP contribution in [-0.2, 0) is 12.4 Å². The van der Waals surface area contributed by atoms with Gasteiger partial charge < -0.3 is 20.6 Å². The number of pyridine rings is 1. The van der Waals surface area contributed by atoms with Gasteiger partial charge in [0.15, 0.2) is 0 Å². The van der Waals surface area contributed by atoms with Crippen LogP contribution in [0.1, 0.15) is 17.7 Å². The topological polar surface area (TPSA) is 99.1 Å². The summed E-state index contributed by atoms with van der Waals surface area (Å²) in [5.74, 6) is -0.457. The second-order valence-electron chi connectivity index (χ2n) is 7.41. The molecular formula is C20H17F6N7O. The van der Waals surface area contributed by atoms with Crippen molar-refractivity contribution >= 4 is 29.4 Å². The van der Waals surface area contributed by atoms with E-state index < -0.39 is 29.7 Å². The highest BCUT2D eigenvalue weighted by Gasteiger charge is 2.33. The fraction of sp³-hybridized carbons (Fsp3) is 0.300. The highest BCUT2D eigenvalue weighted by atomic mass is 19.4. The molecule has 1 fully saturated rings.